The summed E-state index contributed by atoms with van der Waals surface area (Å²) in [5.74, 6) is 0. The number of rotatable bonds is 9. The fourth-order valence-electron chi connectivity index (χ4n) is 1.75. The van der Waals surface area contributed by atoms with Crippen molar-refractivity contribution in [3.8, 4) is 0 Å². The van der Waals surface area contributed by atoms with E-state index in [2.05, 4.69) is 6.92 Å². The smallest absolute Gasteiger partial charge is 0.211 e. The molecule has 0 aliphatic rings. The first-order valence-corrected chi connectivity index (χ1v) is 7.64. The van der Waals surface area contributed by atoms with Crippen LogP contribution in [0.3, 0.4) is 0 Å². The first-order chi connectivity index (χ1) is 7.02. The fraction of sp³-hybridized carbons (Fsp3) is 1.00. The molecule has 15 heavy (non-hydrogen) atoms. The standard InChI is InChI=1S/C11H25NO2S/c1-3-5-6-7-8-9-10-11(4-2)15(12,13)14/h11H,3-10H2,1-2H3,(H2,12,13,14). The second-order valence-electron chi connectivity index (χ2n) is 4.18. The molecule has 0 aromatic rings. The van der Waals surface area contributed by atoms with Gasteiger partial charge in [-0.25, -0.2) is 13.6 Å². The van der Waals surface area contributed by atoms with Crippen molar-refractivity contribution in [3.63, 3.8) is 0 Å². The van der Waals surface area contributed by atoms with Crippen LogP contribution >= 0.6 is 0 Å². The van der Waals surface area contributed by atoms with Gasteiger partial charge in [-0.15, -0.1) is 0 Å². The Kier molecular flexibility index (Phi) is 8.06. The minimum absolute atomic E-state index is 0.330. The van der Waals surface area contributed by atoms with Crippen molar-refractivity contribution in [1.29, 1.82) is 0 Å². The molecule has 1 atom stereocenters. The third-order valence-corrected chi connectivity index (χ3v) is 4.30. The van der Waals surface area contributed by atoms with Crippen LogP contribution < -0.4 is 5.14 Å². The van der Waals surface area contributed by atoms with E-state index in [-0.39, 0.29) is 5.25 Å². The average molecular weight is 235 g/mol. The second-order valence-corrected chi connectivity index (χ2v) is 6.02. The van der Waals surface area contributed by atoms with Gasteiger partial charge in [-0.05, 0) is 12.8 Å². The number of primary sulfonamides is 1. The van der Waals surface area contributed by atoms with Crippen LogP contribution in [0.1, 0.15) is 65.2 Å². The summed E-state index contributed by atoms with van der Waals surface area (Å²) in [5.41, 5.74) is 0. The van der Waals surface area contributed by atoms with E-state index >= 15 is 0 Å². The van der Waals surface area contributed by atoms with E-state index in [1.165, 1.54) is 25.7 Å². The molecule has 0 saturated heterocycles. The van der Waals surface area contributed by atoms with Gasteiger partial charge in [0.15, 0.2) is 0 Å². The lowest BCUT2D eigenvalue weighted by Crippen LogP contribution is -2.27. The molecule has 0 saturated carbocycles. The van der Waals surface area contributed by atoms with Crippen LogP contribution in [-0.4, -0.2) is 13.7 Å². The number of hydrogen-bond donors (Lipinski definition) is 1. The molecule has 0 fully saturated rings. The molecule has 0 aromatic heterocycles. The molecule has 0 heterocycles. The quantitative estimate of drug-likeness (QED) is 0.625. The normalized spacial score (nSPS) is 14.1. The van der Waals surface area contributed by atoms with E-state index in [9.17, 15) is 8.42 Å². The topological polar surface area (TPSA) is 60.2 Å². The highest BCUT2D eigenvalue weighted by molar-refractivity contribution is 7.89. The van der Waals surface area contributed by atoms with Gasteiger partial charge >= 0.3 is 0 Å². The zero-order valence-corrected chi connectivity index (χ0v) is 10.9. The maximum atomic E-state index is 11.1. The molecule has 0 aliphatic heterocycles. The molecule has 0 aromatic carbocycles. The molecule has 2 N–H and O–H groups in total. The van der Waals surface area contributed by atoms with Gasteiger partial charge in [0, 0.05) is 0 Å². The first-order valence-electron chi connectivity index (χ1n) is 6.04. The molecule has 4 heteroatoms. The monoisotopic (exact) mass is 235 g/mol. The highest BCUT2D eigenvalue weighted by atomic mass is 32.2. The minimum Gasteiger partial charge on any atom is -0.228 e. The third-order valence-electron chi connectivity index (χ3n) is 2.80. The molecule has 0 rings (SSSR count). The third kappa shape index (κ3) is 7.79. The Labute approximate surface area is 94.5 Å². The molecule has 0 spiro atoms. The zero-order chi connectivity index (χ0) is 11.7. The lowest BCUT2D eigenvalue weighted by Gasteiger charge is -2.11. The lowest BCUT2D eigenvalue weighted by molar-refractivity contribution is 0.541. The van der Waals surface area contributed by atoms with Crippen molar-refractivity contribution in [3.05, 3.63) is 0 Å². The summed E-state index contributed by atoms with van der Waals surface area (Å²) in [7, 11) is -3.31. The maximum absolute atomic E-state index is 11.1. The van der Waals surface area contributed by atoms with E-state index < -0.39 is 10.0 Å². The number of unbranched alkanes of at least 4 members (excludes halogenated alkanes) is 5. The summed E-state index contributed by atoms with van der Waals surface area (Å²) in [6, 6.07) is 0. The summed E-state index contributed by atoms with van der Waals surface area (Å²) in [6.45, 7) is 4.07. The molecule has 0 bridgehead atoms. The van der Waals surface area contributed by atoms with Crippen LogP contribution in [0, 0.1) is 0 Å². The van der Waals surface area contributed by atoms with Gasteiger partial charge < -0.3 is 0 Å². The van der Waals surface area contributed by atoms with Gasteiger partial charge in [0.25, 0.3) is 0 Å². The van der Waals surface area contributed by atoms with Gasteiger partial charge in [0.2, 0.25) is 10.0 Å². The summed E-state index contributed by atoms with van der Waals surface area (Å²) in [6.07, 6.45) is 8.48. The highest BCUT2D eigenvalue weighted by Gasteiger charge is 2.17. The van der Waals surface area contributed by atoms with Gasteiger partial charge in [-0.1, -0.05) is 52.4 Å². The summed E-state index contributed by atoms with van der Waals surface area (Å²) in [5, 5.41) is 4.79. The molecule has 0 aliphatic carbocycles. The van der Waals surface area contributed by atoms with Gasteiger partial charge in [-0.2, -0.15) is 0 Å². The minimum atomic E-state index is -3.31. The second kappa shape index (κ2) is 8.11. The van der Waals surface area contributed by atoms with E-state index in [1.807, 2.05) is 6.92 Å². The van der Waals surface area contributed by atoms with E-state index in [0.29, 0.717) is 6.42 Å². The van der Waals surface area contributed by atoms with Crippen molar-refractivity contribution >= 4 is 10.0 Å². The number of nitrogens with two attached hydrogens (primary N) is 1. The Morgan fingerprint density at radius 1 is 1.00 bits per heavy atom. The number of sulfonamides is 1. The summed E-state index contributed by atoms with van der Waals surface area (Å²) < 4.78 is 22.2. The molecule has 3 nitrogen and oxygen atoms in total. The van der Waals surface area contributed by atoms with Crippen LogP contribution in [0.15, 0.2) is 0 Å². The van der Waals surface area contributed by atoms with Crippen LogP contribution in [-0.2, 0) is 10.0 Å². The molecule has 1 unspecified atom stereocenters. The zero-order valence-electron chi connectivity index (χ0n) is 10.0. The van der Waals surface area contributed by atoms with Crippen LogP contribution in [0.5, 0.6) is 0 Å². The Morgan fingerprint density at radius 2 is 1.53 bits per heavy atom. The van der Waals surface area contributed by atoms with Crippen LogP contribution in [0.2, 0.25) is 0 Å². The molecule has 0 amide bonds. The predicted molar refractivity (Wildman–Crippen MR) is 65.2 cm³/mol. The van der Waals surface area contributed by atoms with Gasteiger partial charge in [0.05, 0.1) is 5.25 Å². The fourth-order valence-corrected chi connectivity index (χ4v) is 2.71. The van der Waals surface area contributed by atoms with Crippen molar-refractivity contribution in [2.75, 3.05) is 0 Å². The molecular weight excluding hydrogens is 210 g/mol. The van der Waals surface area contributed by atoms with Crippen molar-refractivity contribution < 1.29 is 8.42 Å². The van der Waals surface area contributed by atoms with Crippen LogP contribution in [0.4, 0.5) is 0 Å². The van der Waals surface area contributed by atoms with E-state index in [4.69, 9.17) is 5.14 Å². The number of hydrogen-bond acceptors (Lipinski definition) is 2. The molecule has 92 valence electrons. The van der Waals surface area contributed by atoms with E-state index in [0.717, 1.165) is 19.3 Å². The SMILES string of the molecule is CCCCCCCCC(CC)S(N)(=O)=O. The van der Waals surface area contributed by atoms with Crippen molar-refractivity contribution in [1.82, 2.24) is 0 Å². The van der Waals surface area contributed by atoms with Gasteiger partial charge in [0.1, 0.15) is 0 Å². The molecule has 0 radical (unpaired) electrons. The van der Waals surface area contributed by atoms with Crippen molar-refractivity contribution in [2.24, 2.45) is 5.14 Å². The summed E-state index contributed by atoms with van der Waals surface area (Å²) >= 11 is 0. The largest absolute Gasteiger partial charge is 0.228 e. The predicted octanol–water partition coefficient (Wildman–Crippen LogP) is 2.80. The lowest BCUT2D eigenvalue weighted by atomic mass is 10.1. The van der Waals surface area contributed by atoms with Crippen molar-refractivity contribution in [2.45, 2.75) is 70.5 Å². The Bertz CT molecular complexity index is 237. The average Bonchev–Trinajstić information content (AvgIpc) is 2.15. The first kappa shape index (κ1) is 14.9. The molecular formula is C11H25NO2S. The van der Waals surface area contributed by atoms with E-state index in [1.54, 1.807) is 0 Å². The maximum Gasteiger partial charge on any atom is 0.211 e. The Morgan fingerprint density at radius 3 is 2.00 bits per heavy atom. The Hall–Kier alpha value is -0.0900. The van der Waals surface area contributed by atoms with Crippen LogP contribution in [0.25, 0.3) is 0 Å². The highest BCUT2D eigenvalue weighted by Crippen LogP contribution is 2.13. The summed E-state index contributed by atoms with van der Waals surface area (Å²) in [4.78, 5) is 0. The van der Waals surface area contributed by atoms with Gasteiger partial charge in [-0.3, -0.25) is 0 Å². The Balaban J connectivity index is 3.57.